The summed E-state index contributed by atoms with van der Waals surface area (Å²) >= 11 is 0. The number of aliphatic hydroxyl groups excluding tert-OH is 2. The van der Waals surface area contributed by atoms with Gasteiger partial charge < -0.3 is 15.3 Å². The molecule has 1 unspecified atom stereocenters. The lowest BCUT2D eigenvalue weighted by Crippen LogP contribution is -2.19. The molecule has 7 heteroatoms. The quantitative estimate of drug-likeness (QED) is 0.577. The molecule has 1 aliphatic carbocycles. The topological polar surface area (TPSA) is 95.6 Å². The van der Waals surface area contributed by atoms with Gasteiger partial charge >= 0.3 is 5.97 Å². The van der Waals surface area contributed by atoms with Crippen molar-refractivity contribution < 1.29 is 24.5 Å². The Hall–Kier alpha value is -2.51. The van der Waals surface area contributed by atoms with Gasteiger partial charge in [0.15, 0.2) is 0 Å². The third-order valence-corrected chi connectivity index (χ3v) is 5.53. The lowest BCUT2D eigenvalue weighted by molar-refractivity contribution is -0.139. The molecule has 3 rings (SSSR count). The molecule has 0 fully saturated rings. The van der Waals surface area contributed by atoms with Crippen LogP contribution in [0.15, 0.2) is 30.3 Å². The molecule has 30 heavy (non-hydrogen) atoms. The van der Waals surface area contributed by atoms with E-state index in [1.165, 1.54) is 12.1 Å². The van der Waals surface area contributed by atoms with Crippen molar-refractivity contribution in [1.29, 1.82) is 0 Å². The second-order valence-electron chi connectivity index (χ2n) is 7.93. The molecule has 1 aliphatic rings. The van der Waals surface area contributed by atoms with E-state index in [0.29, 0.717) is 5.92 Å². The first-order valence-electron chi connectivity index (χ1n) is 10.5. The monoisotopic (exact) mass is 416 g/mol. The predicted molar refractivity (Wildman–Crippen MR) is 112 cm³/mol. The van der Waals surface area contributed by atoms with Crippen LogP contribution in [0.1, 0.15) is 68.3 Å². The van der Waals surface area contributed by atoms with Crippen molar-refractivity contribution in [3.8, 4) is 5.69 Å². The number of aromatic nitrogens is 2. The van der Waals surface area contributed by atoms with Gasteiger partial charge in [-0.15, -0.1) is 0 Å². The Kier molecular flexibility index (Phi) is 7.39. The van der Waals surface area contributed by atoms with Gasteiger partial charge in [-0.25, -0.2) is 9.07 Å². The van der Waals surface area contributed by atoms with Crippen LogP contribution in [0.2, 0.25) is 0 Å². The SMILES string of the molecule is CCCC1CCCc2c1nn(-c1ccc(F)cc1)c2/C=C/[C@@H](O)C[C@@H](O)CC(=O)O. The number of carboxylic acids is 1. The second kappa shape index (κ2) is 10.00. The summed E-state index contributed by atoms with van der Waals surface area (Å²) in [5.74, 6) is -1.04. The fourth-order valence-electron chi connectivity index (χ4n) is 4.15. The first kappa shape index (κ1) is 22.2. The molecule has 0 saturated carbocycles. The van der Waals surface area contributed by atoms with Crippen molar-refractivity contribution in [2.75, 3.05) is 0 Å². The fourth-order valence-corrected chi connectivity index (χ4v) is 4.15. The summed E-state index contributed by atoms with van der Waals surface area (Å²) in [5.41, 5.74) is 3.77. The maximum atomic E-state index is 13.4. The minimum absolute atomic E-state index is 0.0614. The van der Waals surface area contributed by atoms with Gasteiger partial charge in [0.05, 0.1) is 35.7 Å². The van der Waals surface area contributed by atoms with E-state index in [-0.39, 0.29) is 12.2 Å². The third-order valence-electron chi connectivity index (χ3n) is 5.53. The number of benzene rings is 1. The predicted octanol–water partition coefficient (Wildman–Crippen LogP) is 3.83. The van der Waals surface area contributed by atoms with Crippen molar-refractivity contribution in [2.24, 2.45) is 0 Å². The molecule has 0 amide bonds. The fraction of sp³-hybridized carbons (Fsp3) is 0.478. The Morgan fingerprint density at radius 3 is 2.73 bits per heavy atom. The number of halogens is 1. The smallest absolute Gasteiger partial charge is 0.305 e. The minimum Gasteiger partial charge on any atom is -0.481 e. The zero-order chi connectivity index (χ0) is 21.7. The van der Waals surface area contributed by atoms with Gasteiger partial charge in [0.2, 0.25) is 0 Å². The van der Waals surface area contributed by atoms with E-state index in [1.807, 2.05) is 0 Å². The van der Waals surface area contributed by atoms with Crippen LogP contribution in [0.25, 0.3) is 11.8 Å². The molecule has 1 heterocycles. The van der Waals surface area contributed by atoms with E-state index >= 15 is 0 Å². The molecule has 1 aromatic heterocycles. The highest BCUT2D eigenvalue weighted by Crippen LogP contribution is 2.37. The molecular weight excluding hydrogens is 387 g/mol. The number of hydrogen-bond donors (Lipinski definition) is 3. The summed E-state index contributed by atoms with van der Waals surface area (Å²) in [6.07, 6.45) is 5.93. The first-order chi connectivity index (χ1) is 14.4. The van der Waals surface area contributed by atoms with Crippen LogP contribution >= 0.6 is 0 Å². The Balaban J connectivity index is 1.93. The summed E-state index contributed by atoms with van der Waals surface area (Å²) in [6.45, 7) is 2.16. The zero-order valence-electron chi connectivity index (χ0n) is 17.2. The molecule has 0 radical (unpaired) electrons. The molecule has 0 saturated heterocycles. The minimum atomic E-state index is -1.12. The Morgan fingerprint density at radius 1 is 1.33 bits per heavy atom. The van der Waals surface area contributed by atoms with Crippen LogP contribution < -0.4 is 0 Å². The van der Waals surface area contributed by atoms with Gasteiger partial charge in [0.1, 0.15) is 5.82 Å². The summed E-state index contributed by atoms with van der Waals surface area (Å²) in [4.78, 5) is 10.7. The lowest BCUT2D eigenvalue weighted by atomic mass is 9.84. The van der Waals surface area contributed by atoms with Crippen LogP contribution in [0.5, 0.6) is 0 Å². The number of aliphatic carboxylic acids is 1. The van der Waals surface area contributed by atoms with Crippen LogP contribution in [0, 0.1) is 5.82 Å². The van der Waals surface area contributed by atoms with E-state index in [1.54, 1.807) is 29.0 Å². The first-order valence-corrected chi connectivity index (χ1v) is 10.5. The van der Waals surface area contributed by atoms with Crippen molar-refractivity contribution >= 4 is 12.0 Å². The number of fused-ring (bicyclic) bond motifs is 1. The van der Waals surface area contributed by atoms with Gasteiger partial charge in [0, 0.05) is 17.9 Å². The van der Waals surface area contributed by atoms with E-state index in [4.69, 9.17) is 10.2 Å². The molecule has 3 atom stereocenters. The third kappa shape index (κ3) is 5.34. The summed E-state index contributed by atoms with van der Waals surface area (Å²) < 4.78 is 15.2. The molecule has 1 aromatic carbocycles. The van der Waals surface area contributed by atoms with Crippen molar-refractivity contribution in [3.63, 3.8) is 0 Å². The van der Waals surface area contributed by atoms with Gasteiger partial charge in [-0.1, -0.05) is 19.4 Å². The van der Waals surface area contributed by atoms with Crippen LogP contribution in [0.4, 0.5) is 4.39 Å². The number of carboxylic acid groups (broad SMARTS) is 1. The molecule has 2 aromatic rings. The molecule has 0 spiro atoms. The standard InChI is InChI=1S/C23H29FN2O4/c1-2-4-15-5-3-6-20-21(12-11-18(27)13-19(28)14-22(29)30)26(25-23(15)20)17-9-7-16(24)8-10-17/h7-12,15,18-19,27-28H,2-6,13-14H2,1H3,(H,29,30)/b12-11+/t15?,18-,19-/m1/s1. The highest BCUT2D eigenvalue weighted by Gasteiger charge is 2.27. The normalized spacial score (nSPS) is 18.3. The average Bonchev–Trinajstić information content (AvgIpc) is 3.06. The van der Waals surface area contributed by atoms with E-state index in [2.05, 4.69) is 6.92 Å². The van der Waals surface area contributed by atoms with Gasteiger partial charge in [-0.2, -0.15) is 5.10 Å². The Labute approximate surface area is 175 Å². The largest absolute Gasteiger partial charge is 0.481 e. The second-order valence-corrected chi connectivity index (χ2v) is 7.93. The Bertz CT molecular complexity index is 891. The Morgan fingerprint density at radius 2 is 2.07 bits per heavy atom. The summed E-state index contributed by atoms with van der Waals surface area (Å²) in [5, 5.41) is 33.6. The number of carbonyl (C=O) groups is 1. The maximum Gasteiger partial charge on any atom is 0.305 e. The average molecular weight is 416 g/mol. The van der Waals surface area contributed by atoms with Crippen LogP contribution in [-0.4, -0.2) is 43.3 Å². The number of nitrogens with zero attached hydrogens (tertiary/aromatic N) is 2. The molecule has 0 bridgehead atoms. The van der Waals surface area contributed by atoms with Gasteiger partial charge in [-0.05, 0) is 56.0 Å². The van der Waals surface area contributed by atoms with E-state index in [9.17, 15) is 19.4 Å². The van der Waals surface area contributed by atoms with Crippen molar-refractivity contribution in [3.05, 3.63) is 53.1 Å². The highest BCUT2D eigenvalue weighted by molar-refractivity contribution is 5.67. The van der Waals surface area contributed by atoms with Crippen LogP contribution in [0.3, 0.4) is 0 Å². The zero-order valence-corrected chi connectivity index (χ0v) is 17.2. The molecule has 6 nitrogen and oxygen atoms in total. The van der Waals surface area contributed by atoms with Crippen molar-refractivity contribution in [1.82, 2.24) is 9.78 Å². The maximum absolute atomic E-state index is 13.4. The van der Waals surface area contributed by atoms with Crippen LogP contribution in [-0.2, 0) is 11.2 Å². The lowest BCUT2D eigenvalue weighted by Gasteiger charge is -2.20. The molecule has 0 aliphatic heterocycles. The number of aliphatic hydroxyl groups is 2. The van der Waals surface area contributed by atoms with E-state index < -0.39 is 24.6 Å². The molecular formula is C23H29FN2O4. The van der Waals surface area contributed by atoms with Gasteiger partial charge in [0.25, 0.3) is 0 Å². The number of rotatable bonds is 9. The molecule has 3 N–H and O–H groups in total. The summed E-state index contributed by atoms with van der Waals surface area (Å²) in [6, 6.07) is 6.13. The highest BCUT2D eigenvalue weighted by atomic mass is 19.1. The van der Waals surface area contributed by atoms with Crippen molar-refractivity contribution in [2.45, 2.75) is 70.0 Å². The molecule has 162 valence electrons. The number of hydrogen-bond acceptors (Lipinski definition) is 4. The van der Waals surface area contributed by atoms with E-state index in [0.717, 1.165) is 54.7 Å². The summed E-state index contributed by atoms with van der Waals surface area (Å²) in [7, 11) is 0. The van der Waals surface area contributed by atoms with Gasteiger partial charge in [-0.3, -0.25) is 4.79 Å².